The molecule has 0 rings (SSSR count). The van der Waals surface area contributed by atoms with Crippen LogP contribution in [-0.4, -0.2) is 11.8 Å². The lowest BCUT2D eigenvalue weighted by Crippen LogP contribution is -2.29. The smallest absolute Gasteiger partial charge is 0.226 e. The quantitative estimate of drug-likeness (QED) is 0.667. The third-order valence-corrected chi connectivity index (χ3v) is 1.36. The fourth-order valence-corrected chi connectivity index (χ4v) is 0.644. The van der Waals surface area contributed by atoms with Crippen LogP contribution < -0.4 is 5.32 Å². The zero-order chi connectivity index (χ0) is 8.69. The van der Waals surface area contributed by atoms with Gasteiger partial charge in [-0.05, 0) is 6.42 Å². The first kappa shape index (κ1) is 10.1. The first-order chi connectivity index (χ1) is 5.20. The molecule has 0 aromatic carbocycles. The Morgan fingerprint density at radius 1 is 1.18 bits per heavy atom. The van der Waals surface area contributed by atoms with Gasteiger partial charge >= 0.3 is 0 Å². The van der Waals surface area contributed by atoms with Gasteiger partial charge in [0.2, 0.25) is 11.8 Å². The first-order valence-corrected chi connectivity index (χ1v) is 4.03. The predicted molar refractivity (Wildman–Crippen MR) is 43.0 cm³/mol. The Kier molecular flexibility index (Phi) is 5.43. The van der Waals surface area contributed by atoms with E-state index in [9.17, 15) is 9.59 Å². The molecule has 0 unspecified atom stereocenters. The van der Waals surface area contributed by atoms with Crippen LogP contribution in [-0.2, 0) is 9.59 Å². The van der Waals surface area contributed by atoms with Crippen molar-refractivity contribution in [2.75, 3.05) is 0 Å². The SMILES string of the molecule is CCCCC(=O)NC(=O)CC. The molecule has 0 aromatic heterocycles. The molecule has 0 heterocycles. The molecule has 0 spiro atoms. The number of hydrogen-bond donors (Lipinski definition) is 1. The van der Waals surface area contributed by atoms with Crippen molar-refractivity contribution in [3.8, 4) is 0 Å². The highest BCUT2D eigenvalue weighted by atomic mass is 16.2. The molecule has 0 atom stereocenters. The van der Waals surface area contributed by atoms with Crippen LogP contribution in [0.1, 0.15) is 39.5 Å². The van der Waals surface area contributed by atoms with Crippen molar-refractivity contribution < 1.29 is 9.59 Å². The van der Waals surface area contributed by atoms with Crippen molar-refractivity contribution in [2.24, 2.45) is 0 Å². The summed E-state index contributed by atoms with van der Waals surface area (Å²) in [4.78, 5) is 21.5. The number of rotatable bonds is 4. The van der Waals surface area contributed by atoms with E-state index in [1.54, 1.807) is 6.92 Å². The molecule has 0 radical (unpaired) electrons. The predicted octanol–water partition coefficient (Wildman–Crippen LogP) is 1.23. The number of unbranched alkanes of at least 4 members (excludes halogenated alkanes) is 1. The highest BCUT2D eigenvalue weighted by Gasteiger charge is 2.03. The fourth-order valence-electron chi connectivity index (χ4n) is 0.644. The molecule has 11 heavy (non-hydrogen) atoms. The summed E-state index contributed by atoms with van der Waals surface area (Å²) in [5.41, 5.74) is 0. The molecular weight excluding hydrogens is 142 g/mol. The van der Waals surface area contributed by atoms with Gasteiger partial charge in [-0.25, -0.2) is 0 Å². The third-order valence-electron chi connectivity index (χ3n) is 1.36. The minimum Gasteiger partial charge on any atom is -0.296 e. The van der Waals surface area contributed by atoms with E-state index >= 15 is 0 Å². The summed E-state index contributed by atoms with van der Waals surface area (Å²) in [5, 5.41) is 2.29. The summed E-state index contributed by atoms with van der Waals surface area (Å²) < 4.78 is 0. The molecule has 64 valence electrons. The average Bonchev–Trinajstić information content (AvgIpc) is 2.00. The van der Waals surface area contributed by atoms with Crippen molar-refractivity contribution in [3.63, 3.8) is 0 Å². The standard InChI is InChI=1S/C8H15NO2/c1-3-5-6-8(11)9-7(10)4-2/h3-6H2,1-2H3,(H,9,10,11). The molecule has 0 aromatic rings. The Bertz CT molecular complexity index is 143. The van der Waals surface area contributed by atoms with Crippen molar-refractivity contribution in [3.05, 3.63) is 0 Å². The van der Waals surface area contributed by atoms with Crippen LogP contribution in [0, 0.1) is 0 Å². The molecule has 0 fully saturated rings. The van der Waals surface area contributed by atoms with E-state index in [-0.39, 0.29) is 11.8 Å². The van der Waals surface area contributed by atoms with Crippen LogP contribution in [0.4, 0.5) is 0 Å². The Balaban J connectivity index is 3.44. The average molecular weight is 157 g/mol. The van der Waals surface area contributed by atoms with Crippen LogP contribution in [0.5, 0.6) is 0 Å². The molecule has 2 amide bonds. The molecule has 0 aliphatic rings. The Morgan fingerprint density at radius 2 is 1.82 bits per heavy atom. The molecule has 0 aliphatic carbocycles. The zero-order valence-corrected chi connectivity index (χ0v) is 7.14. The van der Waals surface area contributed by atoms with Gasteiger partial charge in [0.05, 0.1) is 0 Å². The molecule has 0 saturated heterocycles. The lowest BCUT2D eigenvalue weighted by molar-refractivity contribution is -0.130. The van der Waals surface area contributed by atoms with Crippen LogP contribution in [0.15, 0.2) is 0 Å². The minimum atomic E-state index is -0.189. The van der Waals surface area contributed by atoms with Gasteiger partial charge in [0.1, 0.15) is 0 Å². The molecule has 3 heteroatoms. The van der Waals surface area contributed by atoms with Crippen LogP contribution >= 0.6 is 0 Å². The van der Waals surface area contributed by atoms with Gasteiger partial charge in [0.15, 0.2) is 0 Å². The summed E-state index contributed by atoms with van der Waals surface area (Å²) in [6.07, 6.45) is 2.66. The summed E-state index contributed by atoms with van der Waals surface area (Å²) in [7, 11) is 0. The van der Waals surface area contributed by atoms with Crippen LogP contribution in [0.25, 0.3) is 0 Å². The zero-order valence-electron chi connectivity index (χ0n) is 7.14. The van der Waals surface area contributed by atoms with E-state index in [0.717, 1.165) is 12.8 Å². The van der Waals surface area contributed by atoms with Gasteiger partial charge in [-0.15, -0.1) is 0 Å². The fraction of sp³-hybridized carbons (Fsp3) is 0.750. The van der Waals surface area contributed by atoms with E-state index in [1.807, 2.05) is 6.92 Å². The van der Waals surface area contributed by atoms with Gasteiger partial charge in [0.25, 0.3) is 0 Å². The largest absolute Gasteiger partial charge is 0.296 e. The lowest BCUT2D eigenvalue weighted by Gasteiger charge is -1.99. The summed E-state index contributed by atoms with van der Waals surface area (Å²) in [5.74, 6) is -0.343. The summed E-state index contributed by atoms with van der Waals surface area (Å²) >= 11 is 0. The topological polar surface area (TPSA) is 46.2 Å². The number of carbonyl (C=O) groups is 2. The van der Waals surface area contributed by atoms with E-state index in [4.69, 9.17) is 0 Å². The second-order valence-electron chi connectivity index (χ2n) is 2.43. The number of imide groups is 1. The van der Waals surface area contributed by atoms with Crippen LogP contribution in [0.3, 0.4) is 0 Å². The second-order valence-corrected chi connectivity index (χ2v) is 2.43. The Labute approximate surface area is 67.2 Å². The van der Waals surface area contributed by atoms with Gasteiger partial charge < -0.3 is 0 Å². The molecular formula is C8H15NO2. The van der Waals surface area contributed by atoms with Gasteiger partial charge in [-0.1, -0.05) is 20.3 Å². The van der Waals surface area contributed by atoms with Gasteiger partial charge in [-0.2, -0.15) is 0 Å². The third kappa shape index (κ3) is 5.58. The molecule has 3 nitrogen and oxygen atoms in total. The van der Waals surface area contributed by atoms with Gasteiger partial charge in [0, 0.05) is 12.8 Å². The summed E-state index contributed by atoms with van der Waals surface area (Å²) in [6.45, 7) is 3.73. The van der Waals surface area contributed by atoms with Crippen LogP contribution in [0.2, 0.25) is 0 Å². The van der Waals surface area contributed by atoms with Crippen molar-refractivity contribution in [1.82, 2.24) is 5.32 Å². The van der Waals surface area contributed by atoms with Gasteiger partial charge in [-0.3, -0.25) is 14.9 Å². The normalized spacial score (nSPS) is 9.27. The highest BCUT2D eigenvalue weighted by molar-refractivity contribution is 5.94. The Hall–Kier alpha value is -0.860. The van der Waals surface area contributed by atoms with E-state index in [1.165, 1.54) is 0 Å². The molecule has 0 aliphatic heterocycles. The first-order valence-electron chi connectivity index (χ1n) is 4.03. The van der Waals surface area contributed by atoms with Crippen molar-refractivity contribution >= 4 is 11.8 Å². The number of nitrogens with one attached hydrogen (secondary N) is 1. The monoisotopic (exact) mass is 157 g/mol. The minimum absolute atomic E-state index is 0.154. The maximum absolute atomic E-state index is 10.8. The molecule has 0 bridgehead atoms. The van der Waals surface area contributed by atoms with Crippen molar-refractivity contribution in [2.45, 2.75) is 39.5 Å². The maximum Gasteiger partial charge on any atom is 0.226 e. The second kappa shape index (κ2) is 5.89. The molecule has 0 saturated carbocycles. The number of hydrogen-bond acceptors (Lipinski definition) is 2. The summed E-state index contributed by atoms with van der Waals surface area (Å²) in [6, 6.07) is 0. The maximum atomic E-state index is 10.8. The van der Waals surface area contributed by atoms with E-state index in [0.29, 0.717) is 12.8 Å². The Morgan fingerprint density at radius 3 is 2.27 bits per heavy atom. The van der Waals surface area contributed by atoms with Crippen molar-refractivity contribution in [1.29, 1.82) is 0 Å². The number of carbonyl (C=O) groups excluding carboxylic acids is 2. The van der Waals surface area contributed by atoms with E-state index in [2.05, 4.69) is 5.32 Å². The van der Waals surface area contributed by atoms with E-state index < -0.39 is 0 Å². The highest BCUT2D eigenvalue weighted by Crippen LogP contribution is 1.92. The molecule has 1 N–H and O–H groups in total. The lowest BCUT2D eigenvalue weighted by atomic mass is 10.2. The number of amides is 2.